The second-order valence-electron chi connectivity index (χ2n) is 5.53. The molecule has 2 atom stereocenters. The monoisotopic (exact) mass is 273 g/mol. The van der Waals surface area contributed by atoms with Crippen LogP contribution in [0.15, 0.2) is 0 Å². The molecule has 108 valence electrons. The molecular formula is C12H19NO6. The maximum atomic E-state index is 12.0. The lowest BCUT2D eigenvalue weighted by molar-refractivity contribution is -0.153. The molecule has 1 heterocycles. The number of carboxylic acids is 2. The lowest BCUT2D eigenvalue weighted by Crippen LogP contribution is -2.57. The van der Waals surface area contributed by atoms with Gasteiger partial charge in [-0.2, -0.15) is 0 Å². The summed E-state index contributed by atoms with van der Waals surface area (Å²) in [6.45, 7) is 4.92. The number of rotatable bonds is 2. The van der Waals surface area contributed by atoms with Gasteiger partial charge in [0.1, 0.15) is 17.7 Å². The van der Waals surface area contributed by atoms with E-state index >= 15 is 0 Å². The average Bonchev–Trinajstić information content (AvgIpc) is 2.25. The first-order chi connectivity index (χ1) is 8.63. The number of carboxylic acid groups (broad SMARTS) is 2. The van der Waals surface area contributed by atoms with Crippen LogP contribution in [0.1, 0.15) is 40.0 Å². The summed E-state index contributed by atoms with van der Waals surface area (Å²) in [6.07, 6.45) is 0.0243. The molecule has 0 spiro atoms. The van der Waals surface area contributed by atoms with E-state index in [9.17, 15) is 14.4 Å². The summed E-state index contributed by atoms with van der Waals surface area (Å²) in [5.74, 6) is -2.42. The number of nitrogens with zero attached hydrogens (tertiary/aromatic N) is 1. The molecule has 1 fully saturated rings. The summed E-state index contributed by atoms with van der Waals surface area (Å²) in [5.41, 5.74) is -0.805. The zero-order valence-electron chi connectivity index (χ0n) is 11.3. The maximum absolute atomic E-state index is 12.0. The smallest absolute Gasteiger partial charge is 0.411 e. The largest absolute Gasteiger partial charge is 0.480 e. The molecule has 1 saturated heterocycles. The third-order valence-electron chi connectivity index (χ3n) is 2.80. The van der Waals surface area contributed by atoms with E-state index in [1.165, 1.54) is 0 Å². The van der Waals surface area contributed by atoms with Crippen LogP contribution in [0.5, 0.6) is 0 Å². The van der Waals surface area contributed by atoms with Crippen molar-refractivity contribution >= 4 is 18.0 Å². The Bertz CT molecular complexity index is 364. The first-order valence-corrected chi connectivity index (χ1v) is 6.10. The van der Waals surface area contributed by atoms with Gasteiger partial charge in [0.2, 0.25) is 0 Å². The minimum absolute atomic E-state index is 0.234. The Hall–Kier alpha value is -1.79. The number of aliphatic carboxylic acids is 2. The normalized spacial score (nSPS) is 23.8. The summed E-state index contributed by atoms with van der Waals surface area (Å²) in [5, 5.41) is 18.2. The van der Waals surface area contributed by atoms with Gasteiger partial charge in [-0.15, -0.1) is 0 Å². The molecule has 1 aliphatic rings. The zero-order chi connectivity index (χ0) is 14.8. The third-order valence-corrected chi connectivity index (χ3v) is 2.80. The van der Waals surface area contributed by atoms with Crippen molar-refractivity contribution in [3.8, 4) is 0 Å². The maximum Gasteiger partial charge on any atom is 0.411 e. The number of hydrogen-bond donors (Lipinski definition) is 2. The SMILES string of the molecule is CC(C)(C)OC(=O)N1C(C(=O)O)CCCC1C(=O)O. The van der Waals surface area contributed by atoms with E-state index in [4.69, 9.17) is 14.9 Å². The third kappa shape index (κ3) is 3.84. The molecule has 0 saturated carbocycles. The molecule has 1 aliphatic heterocycles. The Morgan fingerprint density at radius 2 is 1.47 bits per heavy atom. The molecule has 0 aromatic rings. The van der Waals surface area contributed by atoms with Crippen LogP contribution in [0.2, 0.25) is 0 Å². The zero-order valence-corrected chi connectivity index (χ0v) is 11.3. The van der Waals surface area contributed by atoms with Crippen molar-refractivity contribution in [2.45, 2.75) is 57.7 Å². The molecule has 1 rings (SSSR count). The number of piperidine rings is 1. The Labute approximate surface area is 111 Å². The van der Waals surface area contributed by atoms with Crippen LogP contribution in [0.25, 0.3) is 0 Å². The second-order valence-corrected chi connectivity index (χ2v) is 5.53. The number of carbonyl (C=O) groups excluding carboxylic acids is 1. The predicted octanol–water partition coefficient (Wildman–Crippen LogP) is 1.31. The minimum atomic E-state index is -1.21. The van der Waals surface area contributed by atoms with Gasteiger partial charge in [-0.3, -0.25) is 4.90 Å². The summed E-state index contributed by atoms with van der Waals surface area (Å²) >= 11 is 0. The van der Waals surface area contributed by atoms with Crippen LogP contribution in [-0.2, 0) is 14.3 Å². The van der Waals surface area contributed by atoms with Gasteiger partial charge in [-0.05, 0) is 40.0 Å². The van der Waals surface area contributed by atoms with Crippen LogP contribution in [0.3, 0.4) is 0 Å². The molecule has 2 unspecified atom stereocenters. The Morgan fingerprint density at radius 3 is 1.79 bits per heavy atom. The highest BCUT2D eigenvalue weighted by Crippen LogP contribution is 2.26. The number of carbonyl (C=O) groups is 3. The van der Waals surface area contributed by atoms with Gasteiger partial charge >= 0.3 is 18.0 Å². The van der Waals surface area contributed by atoms with Gasteiger partial charge in [0.25, 0.3) is 0 Å². The molecule has 2 N–H and O–H groups in total. The fraction of sp³-hybridized carbons (Fsp3) is 0.750. The van der Waals surface area contributed by atoms with Crippen molar-refractivity contribution in [2.75, 3.05) is 0 Å². The van der Waals surface area contributed by atoms with E-state index in [2.05, 4.69) is 0 Å². The van der Waals surface area contributed by atoms with E-state index in [0.29, 0.717) is 6.42 Å². The summed E-state index contributed by atoms with van der Waals surface area (Å²) in [6, 6.07) is -2.30. The molecule has 7 heteroatoms. The van der Waals surface area contributed by atoms with E-state index in [1.807, 2.05) is 0 Å². The Kier molecular flexibility index (Phi) is 4.39. The molecule has 0 radical (unpaired) electrons. The van der Waals surface area contributed by atoms with Gasteiger partial charge in [-0.1, -0.05) is 0 Å². The highest BCUT2D eigenvalue weighted by Gasteiger charge is 2.43. The molecule has 0 aromatic carbocycles. The summed E-state index contributed by atoms with van der Waals surface area (Å²) in [7, 11) is 0. The Balaban J connectivity index is 3.00. The second kappa shape index (κ2) is 5.46. The summed E-state index contributed by atoms with van der Waals surface area (Å²) < 4.78 is 5.10. The molecule has 7 nitrogen and oxygen atoms in total. The standard InChI is InChI=1S/C12H19NO6/c1-12(2,3)19-11(18)13-7(9(14)15)5-4-6-8(13)10(16)17/h7-8H,4-6H2,1-3H3,(H,14,15)(H,16,17). The number of ether oxygens (including phenoxy) is 1. The van der Waals surface area contributed by atoms with Gasteiger partial charge in [0, 0.05) is 0 Å². The molecule has 19 heavy (non-hydrogen) atoms. The highest BCUT2D eigenvalue weighted by atomic mass is 16.6. The topological polar surface area (TPSA) is 104 Å². The minimum Gasteiger partial charge on any atom is -0.480 e. The van der Waals surface area contributed by atoms with E-state index in [-0.39, 0.29) is 12.8 Å². The van der Waals surface area contributed by atoms with E-state index in [1.54, 1.807) is 20.8 Å². The van der Waals surface area contributed by atoms with Crippen molar-refractivity contribution in [1.29, 1.82) is 0 Å². The fourth-order valence-electron chi connectivity index (χ4n) is 2.05. The number of likely N-dealkylation sites (tertiary alicyclic amines) is 1. The van der Waals surface area contributed by atoms with Crippen molar-refractivity contribution in [2.24, 2.45) is 0 Å². The first-order valence-electron chi connectivity index (χ1n) is 6.10. The molecule has 1 amide bonds. The Morgan fingerprint density at radius 1 is 1.05 bits per heavy atom. The number of hydrogen-bond acceptors (Lipinski definition) is 4. The highest BCUT2D eigenvalue weighted by molar-refractivity contribution is 5.86. The van der Waals surface area contributed by atoms with Gasteiger partial charge < -0.3 is 14.9 Å². The van der Waals surface area contributed by atoms with E-state index in [0.717, 1.165) is 4.90 Å². The lowest BCUT2D eigenvalue weighted by Gasteiger charge is -2.38. The van der Waals surface area contributed by atoms with Crippen LogP contribution in [0, 0.1) is 0 Å². The van der Waals surface area contributed by atoms with Gasteiger partial charge in [0.05, 0.1) is 0 Å². The van der Waals surface area contributed by atoms with Crippen LogP contribution < -0.4 is 0 Å². The van der Waals surface area contributed by atoms with Crippen LogP contribution in [0.4, 0.5) is 4.79 Å². The van der Waals surface area contributed by atoms with Gasteiger partial charge in [-0.25, -0.2) is 14.4 Å². The lowest BCUT2D eigenvalue weighted by atomic mass is 9.96. The van der Waals surface area contributed by atoms with Crippen molar-refractivity contribution < 1.29 is 29.3 Å². The van der Waals surface area contributed by atoms with Crippen LogP contribution >= 0.6 is 0 Å². The first kappa shape index (κ1) is 15.3. The van der Waals surface area contributed by atoms with Crippen molar-refractivity contribution in [3.05, 3.63) is 0 Å². The fourth-order valence-corrected chi connectivity index (χ4v) is 2.05. The van der Waals surface area contributed by atoms with Crippen molar-refractivity contribution in [1.82, 2.24) is 4.90 Å². The van der Waals surface area contributed by atoms with Crippen LogP contribution in [-0.4, -0.2) is 50.8 Å². The number of amides is 1. The molecular weight excluding hydrogens is 254 g/mol. The molecule has 0 bridgehead atoms. The van der Waals surface area contributed by atoms with E-state index < -0.39 is 35.7 Å². The summed E-state index contributed by atoms with van der Waals surface area (Å²) in [4.78, 5) is 35.2. The van der Waals surface area contributed by atoms with Crippen molar-refractivity contribution in [3.63, 3.8) is 0 Å². The molecule has 0 aromatic heterocycles. The quantitative estimate of drug-likeness (QED) is 0.786. The predicted molar refractivity (Wildman–Crippen MR) is 64.8 cm³/mol. The molecule has 0 aliphatic carbocycles. The van der Waals surface area contributed by atoms with Gasteiger partial charge in [0.15, 0.2) is 0 Å². The average molecular weight is 273 g/mol.